The fourth-order valence-corrected chi connectivity index (χ4v) is 2.16. The van der Waals surface area contributed by atoms with Crippen molar-refractivity contribution in [2.24, 2.45) is 0 Å². The molecule has 0 aliphatic rings. The van der Waals surface area contributed by atoms with Crippen LogP contribution in [0.2, 0.25) is 0 Å². The summed E-state index contributed by atoms with van der Waals surface area (Å²) in [5.41, 5.74) is 0.692. The van der Waals surface area contributed by atoms with Gasteiger partial charge in [0.2, 0.25) is 0 Å². The minimum Gasteiger partial charge on any atom is -0.496 e. The van der Waals surface area contributed by atoms with Gasteiger partial charge >= 0.3 is 0 Å². The molecular weight excluding hydrogens is 252 g/mol. The Morgan fingerprint density at radius 3 is 2.89 bits per heavy atom. The number of non-ortho nitro benzene ring substituents is 1. The first-order valence-electron chi connectivity index (χ1n) is 5.29. The van der Waals surface area contributed by atoms with Crippen molar-refractivity contribution in [3.63, 3.8) is 0 Å². The molecule has 0 fully saturated rings. The number of nitrogens with one attached hydrogen (secondary N) is 1. The maximum absolute atomic E-state index is 10.8. The summed E-state index contributed by atoms with van der Waals surface area (Å²) >= 11 is 1.63. The van der Waals surface area contributed by atoms with Crippen LogP contribution in [-0.2, 0) is 6.54 Å². The second kappa shape index (κ2) is 5.50. The maximum Gasteiger partial charge on any atom is 0.275 e. The van der Waals surface area contributed by atoms with Gasteiger partial charge in [0.05, 0.1) is 18.1 Å². The Bertz CT molecular complexity index is 540. The van der Waals surface area contributed by atoms with E-state index in [2.05, 4.69) is 5.32 Å². The lowest BCUT2D eigenvalue weighted by atomic mass is 10.2. The zero-order valence-corrected chi connectivity index (χ0v) is 10.6. The Kier molecular flexibility index (Phi) is 3.78. The van der Waals surface area contributed by atoms with Crippen LogP contribution in [0.4, 0.5) is 11.4 Å². The molecule has 2 rings (SSSR count). The fraction of sp³-hybridized carbons (Fsp3) is 0.167. The Hall–Kier alpha value is -2.08. The Morgan fingerprint density at radius 1 is 1.44 bits per heavy atom. The average Bonchev–Trinajstić information content (AvgIpc) is 2.89. The van der Waals surface area contributed by atoms with Gasteiger partial charge in [-0.25, -0.2) is 0 Å². The number of thiophene rings is 1. The van der Waals surface area contributed by atoms with Crippen molar-refractivity contribution in [2.45, 2.75) is 6.54 Å². The van der Waals surface area contributed by atoms with Gasteiger partial charge in [0.1, 0.15) is 5.75 Å². The second-order valence-corrected chi connectivity index (χ2v) is 4.64. The molecule has 0 aliphatic carbocycles. The summed E-state index contributed by atoms with van der Waals surface area (Å²) in [6.07, 6.45) is 0. The summed E-state index contributed by atoms with van der Waals surface area (Å²) in [6.45, 7) is 0.641. The number of nitro groups is 1. The zero-order chi connectivity index (χ0) is 13.0. The molecule has 18 heavy (non-hydrogen) atoms. The molecule has 0 unspecified atom stereocenters. The first kappa shape index (κ1) is 12.4. The molecule has 0 aliphatic heterocycles. The van der Waals surface area contributed by atoms with Crippen molar-refractivity contribution in [3.8, 4) is 5.75 Å². The van der Waals surface area contributed by atoms with Gasteiger partial charge < -0.3 is 10.1 Å². The van der Waals surface area contributed by atoms with Crippen LogP contribution in [0.25, 0.3) is 0 Å². The molecule has 1 aromatic heterocycles. The highest BCUT2D eigenvalue weighted by Crippen LogP contribution is 2.26. The number of hydrogen-bond acceptors (Lipinski definition) is 5. The van der Waals surface area contributed by atoms with E-state index < -0.39 is 4.92 Å². The van der Waals surface area contributed by atoms with Crippen LogP contribution >= 0.6 is 11.3 Å². The van der Waals surface area contributed by atoms with Gasteiger partial charge in [0.25, 0.3) is 5.69 Å². The third-order valence-electron chi connectivity index (χ3n) is 2.38. The lowest BCUT2D eigenvalue weighted by Gasteiger charge is -2.07. The van der Waals surface area contributed by atoms with E-state index in [9.17, 15) is 10.1 Å². The van der Waals surface area contributed by atoms with Gasteiger partial charge in [-0.1, -0.05) is 6.07 Å². The van der Waals surface area contributed by atoms with Crippen LogP contribution in [0.15, 0.2) is 35.7 Å². The number of rotatable bonds is 5. The van der Waals surface area contributed by atoms with Crippen LogP contribution in [0.1, 0.15) is 4.88 Å². The van der Waals surface area contributed by atoms with Crippen molar-refractivity contribution < 1.29 is 9.66 Å². The Labute approximate surface area is 108 Å². The minimum atomic E-state index is -0.432. The molecule has 1 N–H and O–H groups in total. The number of benzene rings is 1. The van der Waals surface area contributed by atoms with Gasteiger partial charge in [0.15, 0.2) is 0 Å². The van der Waals surface area contributed by atoms with Crippen molar-refractivity contribution in [3.05, 3.63) is 50.7 Å². The number of methoxy groups -OCH3 is 1. The van der Waals surface area contributed by atoms with Crippen molar-refractivity contribution in [1.82, 2.24) is 0 Å². The molecule has 0 atom stereocenters. The Balaban J connectivity index is 2.16. The summed E-state index contributed by atoms with van der Waals surface area (Å²) in [6, 6.07) is 8.61. The van der Waals surface area contributed by atoms with E-state index in [0.29, 0.717) is 18.0 Å². The number of nitro benzene ring substituents is 1. The lowest BCUT2D eigenvalue weighted by molar-refractivity contribution is -0.384. The molecule has 0 radical (unpaired) electrons. The van der Waals surface area contributed by atoms with E-state index in [0.717, 1.165) is 0 Å². The van der Waals surface area contributed by atoms with E-state index >= 15 is 0 Å². The molecular formula is C12H12N2O3S. The SMILES string of the molecule is COc1cc(NCc2cccs2)cc([N+](=O)[O-])c1. The predicted octanol–water partition coefficient (Wildman–Crippen LogP) is 3.28. The molecule has 2 aromatic rings. The molecule has 94 valence electrons. The van der Waals surface area contributed by atoms with E-state index in [4.69, 9.17) is 4.74 Å². The molecule has 6 heteroatoms. The van der Waals surface area contributed by atoms with Crippen molar-refractivity contribution >= 4 is 22.7 Å². The van der Waals surface area contributed by atoms with Crippen molar-refractivity contribution in [1.29, 1.82) is 0 Å². The number of nitrogens with zero attached hydrogens (tertiary/aromatic N) is 1. The van der Waals surface area contributed by atoms with Gasteiger partial charge in [-0.05, 0) is 11.4 Å². The quantitative estimate of drug-likeness (QED) is 0.665. The summed E-state index contributed by atoms with van der Waals surface area (Å²) in [5.74, 6) is 0.470. The third-order valence-corrected chi connectivity index (χ3v) is 3.26. The number of hydrogen-bond donors (Lipinski definition) is 1. The summed E-state index contributed by atoms with van der Waals surface area (Å²) in [5, 5.41) is 15.9. The highest BCUT2D eigenvalue weighted by Gasteiger charge is 2.10. The van der Waals surface area contributed by atoms with Crippen molar-refractivity contribution in [2.75, 3.05) is 12.4 Å². The average molecular weight is 264 g/mol. The topological polar surface area (TPSA) is 64.4 Å². The molecule has 0 saturated heterocycles. The number of anilines is 1. The Morgan fingerprint density at radius 2 is 2.28 bits per heavy atom. The lowest BCUT2D eigenvalue weighted by Crippen LogP contribution is -1.99. The molecule has 0 amide bonds. The standard InChI is InChI=1S/C12H12N2O3S/c1-17-11-6-9(5-10(7-11)14(15)16)13-8-12-3-2-4-18-12/h2-7,13H,8H2,1H3. The molecule has 0 saturated carbocycles. The van der Waals surface area contributed by atoms with Gasteiger partial charge in [-0.3, -0.25) is 10.1 Å². The van der Waals surface area contributed by atoms with Gasteiger partial charge in [0, 0.05) is 29.2 Å². The minimum absolute atomic E-state index is 0.0167. The highest BCUT2D eigenvalue weighted by molar-refractivity contribution is 7.09. The normalized spacial score (nSPS) is 10.1. The summed E-state index contributed by atoms with van der Waals surface area (Å²) in [7, 11) is 1.49. The largest absolute Gasteiger partial charge is 0.496 e. The van der Waals surface area contributed by atoms with Crippen LogP contribution in [0.3, 0.4) is 0 Å². The molecule has 5 nitrogen and oxygen atoms in total. The molecule has 0 spiro atoms. The third kappa shape index (κ3) is 2.98. The van der Waals surface area contributed by atoms with Crippen LogP contribution < -0.4 is 10.1 Å². The van der Waals surface area contributed by atoms with Crippen LogP contribution in [-0.4, -0.2) is 12.0 Å². The highest BCUT2D eigenvalue weighted by atomic mass is 32.1. The van der Waals surface area contributed by atoms with Gasteiger partial charge in [-0.15, -0.1) is 11.3 Å². The molecule has 1 heterocycles. The first-order chi connectivity index (χ1) is 8.69. The van der Waals surface area contributed by atoms with E-state index in [1.807, 2.05) is 17.5 Å². The smallest absolute Gasteiger partial charge is 0.275 e. The van der Waals surface area contributed by atoms with Crippen LogP contribution in [0, 0.1) is 10.1 Å². The fourth-order valence-electron chi connectivity index (χ4n) is 1.51. The molecule has 0 bridgehead atoms. The molecule has 1 aromatic carbocycles. The predicted molar refractivity (Wildman–Crippen MR) is 71.3 cm³/mol. The van der Waals surface area contributed by atoms with E-state index in [-0.39, 0.29) is 5.69 Å². The second-order valence-electron chi connectivity index (χ2n) is 3.61. The summed E-state index contributed by atoms with van der Waals surface area (Å²) in [4.78, 5) is 11.5. The zero-order valence-electron chi connectivity index (χ0n) is 9.75. The van der Waals surface area contributed by atoms with Gasteiger partial charge in [-0.2, -0.15) is 0 Å². The monoisotopic (exact) mass is 264 g/mol. The first-order valence-corrected chi connectivity index (χ1v) is 6.17. The van der Waals surface area contributed by atoms with E-state index in [1.165, 1.54) is 24.1 Å². The van der Waals surface area contributed by atoms with Crippen LogP contribution in [0.5, 0.6) is 5.75 Å². The summed E-state index contributed by atoms with van der Waals surface area (Å²) < 4.78 is 5.04. The number of ether oxygens (including phenoxy) is 1. The van der Waals surface area contributed by atoms with E-state index in [1.54, 1.807) is 17.4 Å². The maximum atomic E-state index is 10.8.